The minimum absolute atomic E-state index is 2.01. The summed E-state index contributed by atoms with van der Waals surface area (Å²) in [6.45, 7) is 0. The van der Waals surface area contributed by atoms with E-state index in [-0.39, 0.29) is 0 Å². The van der Waals surface area contributed by atoms with Crippen LogP contribution >= 0.6 is 0 Å². The maximum atomic E-state index is 11.7. The molecule has 0 heterocycles. The van der Waals surface area contributed by atoms with Gasteiger partial charge in [-0.3, -0.25) is 4.55 Å². The molecule has 0 saturated carbocycles. The summed E-state index contributed by atoms with van der Waals surface area (Å²) < 4.78 is 58.6. The number of hydrogen-bond acceptors (Lipinski definition) is 3. The molecule has 66 valence electrons. The van der Waals surface area contributed by atoms with Crippen LogP contribution in [0.3, 0.4) is 0 Å². The number of rotatable bonds is 1. The molecule has 1 N–H and O–H groups in total. The van der Waals surface area contributed by atoms with Gasteiger partial charge in [0.25, 0.3) is 0 Å². The Bertz CT molecular complexity index is 248. The van der Waals surface area contributed by atoms with Crippen molar-refractivity contribution < 1.29 is 31.2 Å². The number of nitrogens with zero attached hydrogens (tertiary/aromatic N) is 2. The molecule has 0 aliphatic heterocycles. The van der Waals surface area contributed by atoms with Crippen LogP contribution in [-0.4, -0.2) is 28.9 Å². The van der Waals surface area contributed by atoms with E-state index in [0.29, 0.717) is 0 Å². The third-order valence-corrected chi connectivity index (χ3v) is 1.06. The van der Waals surface area contributed by atoms with E-state index in [4.69, 9.17) is 4.55 Å². The van der Waals surface area contributed by atoms with Crippen molar-refractivity contribution in [3.05, 3.63) is 0 Å². The smallest absolute Gasteiger partial charge is 0.267 e. The average Bonchev–Trinajstić information content (AvgIpc) is 1.82. The number of halogens is 3. The molecule has 0 unspecified atom stereocenters. The highest BCUT2D eigenvalue weighted by Gasteiger charge is 2.31. The van der Waals surface area contributed by atoms with E-state index in [1.807, 2.05) is 0 Å². The fourth-order valence-corrected chi connectivity index (χ4v) is 0.417. The van der Waals surface area contributed by atoms with Gasteiger partial charge in [0, 0.05) is 5.34 Å². The van der Waals surface area contributed by atoms with E-state index in [9.17, 15) is 26.7 Å². The Labute approximate surface area is 58.5 Å². The molecule has 0 saturated heterocycles. The first kappa shape index (κ1) is 9.97. The standard InChI is InChI=1S/CHF3N2O4S/c2-5(3)1(7)6(4)11(8,9)10/h(H,8,9,10). The Morgan fingerprint density at radius 3 is 1.73 bits per heavy atom. The zero-order chi connectivity index (χ0) is 9.23. The maximum absolute atomic E-state index is 11.7. The van der Waals surface area contributed by atoms with Crippen molar-refractivity contribution in [3.63, 3.8) is 0 Å². The van der Waals surface area contributed by atoms with Crippen molar-refractivity contribution >= 4 is 16.3 Å². The molecule has 0 rings (SSSR count). The Kier molecular flexibility index (Phi) is 2.65. The molecule has 11 heavy (non-hydrogen) atoms. The molecule has 0 aromatic carbocycles. The summed E-state index contributed by atoms with van der Waals surface area (Å²) in [6.07, 6.45) is 0. The van der Waals surface area contributed by atoms with Gasteiger partial charge in [-0.25, -0.2) is 4.79 Å². The molecule has 0 aliphatic carbocycles. The minimum atomic E-state index is -5.55. The van der Waals surface area contributed by atoms with Gasteiger partial charge in [0.15, 0.2) is 0 Å². The monoisotopic (exact) mass is 194 g/mol. The highest BCUT2D eigenvalue weighted by atomic mass is 32.2. The quantitative estimate of drug-likeness (QED) is 0.476. The minimum Gasteiger partial charge on any atom is -0.267 e. The second kappa shape index (κ2) is 2.92. The third-order valence-electron chi connectivity index (χ3n) is 0.498. The topological polar surface area (TPSA) is 77.9 Å². The third kappa shape index (κ3) is 2.59. The van der Waals surface area contributed by atoms with Crippen LogP contribution in [0.2, 0.25) is 0 Å². The first-order valence-corrected chi connectivity index (χ1v) is 3.25. The number of carbonyl (C=O) groups excluding carboxylic acids is 1. The second-order valence-corrected chi connectivity index (χ2v) is 2.42. The second-order valence-electron chi connectivity index (χ2n) is 1.21. The predicted octanol–water partition coefficient (Wildman–Crippen LogP) is 0.167. The highest BCUT2D eigenvalue weighted by Crippen LogP contribution is 2.05. The molecule has 6 nitrogen and oxygen atoms in total. The van der Waals surface area contributed by atoms with Crippen molar-refractivity contribution in [2.75, 3.05) is 0 Å². The van der Waals surface area contributed by atoms with Crippen LogP contribution in [0.5, 0.6) is 0 Å². The van der Waals surface area contributed by atoms with Gasteiger partial charge in [0.05, 0.1) is 0 Å². The summed E-state index contributed by atoms with van der Waals surface area (Å²) in [7, 11) is -5.55. The maximum Gasteiger partial charge on any atom is 0.422 e. The molecule has 0 aliphatic rings. The Hall–Kier alpha value is -1.03. The van der Waals surface area contributed by atoms with Gasteiger partial charge < -0.3 is 0 Å². The fourth-order valence-electron chi connectivity index (χ4n) is 0.158. The lowest BCUT2D eigenvalue weighted by atomic mass is 11.2. The number of carbonyl (C=O) groups is 1. The van der Waals surface area contributed by atoms with E-state index in [1.54, 1.807) is 0 Å². The highest BCUT2D eigenvalue weighted by molar-refractivity contribution is 7.83. The van der Waals surface area contributed by atoms with Crippen LogP contribution < -0.4 is 0 Å². The molecule has 10 heteroatoms. The summed E-state index contributed by atoms with van der Waals surface area (Å²) in [5.41, 5.74) is 0. The lowest BCUT2D eigenvalue weighted by Crippen LogP contribution is -2.33. The largest absolute Gasteiger partial charge is 0.422 e. The van der Waals surface area contributed by atoms with Crippen LogP contribution in [0.1, 0.15) is 0 Å². The molecule has 0 atom stereocenters. The van der Waals surface area contributed by atoms with Gasteiger partial charge >= 0.3 is 16.3 Å². The van der Waals surface area contributed by atoms with Crippen molar-refractivity contribution in [3.8, 4) is 0 Å². The SMILES string of the molecule is O=C(N(F)F)N(F)S(=O)(=O)O. The van der Waals surface area contributed by atoms with E-state index in [0.717, 1.165) is 0 Å². The number of hydrogen-bond donors (Lipinski definition) is 1. The average molecular weight is 194 g/mol. The number of amides is 2. The Morgan fingerprint density at radius 1 is 1.27 bits per heavy atom. The first-order chi connectivity index (χ1) is 4.76. The molecule has 0 spiro atoms. The Balaban J connectivity index is 4.53. The summed E-state index contributed by atoms with van der Waals surface area (Å²) in [5.74, 6) is 0. The summed E-state index contributed by atoms with van der Waals surface area (Å²) in [6, 6.07) is -2.80. The molecular formula is CHF3N2O4S. The summed E-state index contributed by atoms with van der Waals surface area (Å²) in [5, 5.41) is -2.34. The van der Waals surface area contributed by atoms with Gasteiger partial charge in [0.2, 0.25) is 0 Å². The number of urea groups is 1. The fraction of sp³-hybridized carbons (Fsp3) is 0. The summed E-state index contributed by atoms with van der Waals surface area (Å²) in [4.78, 5) is 9.68. The molecule has 0 radical (unpaired) electrons. The van der Waals surface area contributed by atoms with Crippen LogP contribution in [-0.2, 0) is 10.3 Å². The van der Waals surface area contributed by atoms with Gasteiger partial charge in [-0.1, -0.05) is 13.4 Å². The van der Waals surface area contributed by atoms with Crippen molar-refractivity contribution in [1.82, 2.24) is 9.87 Å². The van der Waals surface area contributed by atoms with Crippen LogP contribution in [0, 0.1) is 0 Å². The van der Waals surface area contributed by atoms with Crippen molar-refractivity contribution in [1.29, 1.82) is 0 Å². The van der Waals surface area contributed by atoms with Gasteiger partial charge in [-0.15, -0.1) is 0 Å². The van der Waals surface area contributed by atoms with E-state index in [2.05, 4.69) is 0 Å². The predicted molar refractivity (Wildman–Crippen MR) is 23.9 cm³/mol. The van der Waals surface area contributed by atoms with Crippen LogP contribution in [0.4, 0.5) is 18.2 Å². The van der Waals surface area contributed by atoms with Gasteiger partial charge in [-0.05, 0) is 4.53 Å². The van der Waals surface area contributed by atoms with Gasteiger partial charge in [0.1, 0.15) is 0 Å². The van der Waals surface area contributed by atoms with Crippen molar-refractivity contribution in [2.24, 2.45) is 0 Å². The lowest BCUT2D eigenvalue weighted by molar-refractivity contribution is -0.117. The lowest BCUT2D eigenvalue weighted by Gasteiger charge is -2.05. The normalized spacial score (nSPS) is 10.9. The molecule has 0 fully saturated rings. The van der Waals surface area contributed by atoms with Crippen LogP contribution in [0.25, 0.3) is 0 Å². The summed E-state index contributed by atoms with van der Waals surface area (Å²) >= 11 is 0. The molecular weight excluding hydrogens is 193 g/mol. The molecule has 0 aromatic rings. The Morgan fingerprint density at radius 2 is 1.64 bits per heavy atom. The zero-order valence-electron chi connectivity index (χ0n) is 4.61. The molecule has 2 amide bonds. The van der Waals surface area contributed by atoms with E-state index in [1.165, 1.54) is 0 Å². The molecule has 0 bridgehead atoms. The van der Waals surface area contributed by atoms with Gasteiger partial charge in [-0.2, -0.15) is 8.42 Å². The first-order valence-electron chi connectivity index (χ1n) is 1.86. The van der Waals surface area contributed by atoms with E-state index >= 15 is 0 Å². The zero-order valence-corrected chi connectivity index (χ0v) is 5.43. The van der Waals surface area contributed by atoms with Crippen molar-refractivity contribution in [2.45, 2.75) is 0 Å². The molecule has 0 aromatic heterocycles. The van der Waals surface area contributed by atoms with E-state index < -0.39 is 26.2 Å². The van der Waals surface area contributed by atoms with Crippen LogP contribution in [0.15, 0.2) is 0 Å².